The molecule has 3 nitrogen and oxygen atoms in total. The molecule has 0 atom stereocenters. The Kier molecular flexibility index (Phi) is 3.27. The van der Waals surface area contributed by atoms with E-state index < -0.39 is 6.61 Å². The molecule has 0 aliphatic rings. The lowest BCUT2D eigenvalue weighted by Crippen LogP contribution is -2.03. The number of hydrogen-bond donors (Lipinski definition) is 0. The lowest BCUT2D eigenvalue weighted by Gasteiger charge is -2.10. The van der Waals surface area contributed by atoms with E-state index in [1.807, 2.05) is 0 Å². The Bertz CT molecular complexity index is 481. The molecule has 2 rings (SSSR count). The normalized spacial score (nSPS) is 10.6. The molecule has 0 spiro atoms. The molecule has 5 heteroatoms. The first-order valence-corrected chi connectivity index (χ1v) is 4.87. The van der Waals surface area contributed by atoms with Gasteiger partial charge in [-0.1, -0.05) is 0 Å². The summed E-state index contributed by atoms with van der Waals surface area (Å²) >= 11 is 0. The van der Waals surface area contributed by atoms with Crippen LogP contribution in [0.1, 0.15) is 0 Å². The van der Waals surface area contributed by atoms with Gasteiger partial charge >= 0.3 is 6.61 Å². The van der Waals surface area contributed by atoms with E-state index in [2.05, 4.69) is 4.74 Å². The van der Waals surface area contributed by atoms with Crippen LogP contribution in [0.25, 0.3) is 11.3 Å². The number of rotatable bonds is 4. The number of alkyl halides is 2. The second-order valence-electron chi connectivity index (χ2n) is 3.22. The molecule has 17 heavy (non-hydrogen) atoms. The SMILES string of the molecule is COc1cc(-c2ccco2)ccc1OC(F)F. The first-order valence-electron chi connectivity index (χ1n) is 4.87. The summed E-state index contributed by atoms with van der Waals surface area (Å²) in [7, 11) is 1.39. The van der Waals surface area contributed by atoms with Crippen molar-refractivity contribution in [3.63, 3.8) is 0 Å². The van der Waals surface area contributed by atoms with Gasteiger partial charge in [-0.15, -0.1) is 0 Å². The van der Waals surface area contributed by atoms with E-state index in [1.165, 1.54) is 19.4 Å². The van der Waals surface area contributed by atoms with E-state index in [1.54, 1.807) is 24.3 Å². The highest BCUT2D eigenvalue weighted by molar-refractivity contribution is 5.62. The van der Waals surface area contributed by atoms with Crippen molar-refractivity contribution in [2.45, 2.75) is 6.61 Å². The molecule has 0 radical (unpaired) electrons. The maximum atomic E-state index is 12.1. The van der Waals surface area contributed by atoms with Gasteiger partial charge in [0.15, 0.2) is 11.5 Å². The van der Waals surface area contributed by atoms with E-state index in [0.717, 1.165) is 5.56 Å². The fraction of sp³-hybridized carbons (Fsp3) is 0.167. The average molecular weight is 240 g/mol. The highest BCUT2D eigenvalue weighted by atomic mass is 19.3. The van der Waals surface area contributed by atoms with Crippen LogP contribution in [0.2, 0.25) is 0 Å². The minimum absolute atomic E-state index is 0.00203. The number of halogens is 2. The Morgan fingerprint density at radius 2 is 2.00 bits per heavy atom. The van der Waals surface area contributed by atoms with Crippen molar-refractivity contribution in [1.82, 2.24) is 0 Å². The molecule has 0 saturated carbocycles. The Labute approximate surface area is 96.6 Å². The second kappa shape index (κ2) is 4.86. The molecular formula is C12H10F2O3. The van der Waals surface area contributed by atoms with Gasteiger partial charge < -0.3 is 13.9 Å². The van der Waals surface area contributed by atoms with Crippen LogP contribution in [0.15, 0.2) is 41.0 Å². The van der Waals surface area contributed by atoms with Crippen LogP contribution < -0.4 is 9.47 Å². The molecule has 0 saturated heterocycles. The van der Waals surface area contributed by atoms with Gasteiger partial charge in [-0.25, -0.2) is 0 Å². The fourth-order valence-electron chi connectivity index (χ4n) is 1.46. The van der Waals surface area contributed by atoms with Crippen LogP contribution in [0.4, 0.5) is 8.78 Å². The summed E-state index contributed by atoms with van der Waals surface area (Å²) in [4.78, 5) is 0. The van der Waals surface area contributed by atoms with E-state index >= 15 is 0 Å². The summed E-state index contributed by atoms with van der Waals surface area (Å²) in [5.74, 6) is 0.865. The zero-order valence-corrected chi connectivity index (χ0v) is 9.02. The Balaban J connectivity index is 2.34. The third kappa shape index (κ3) is 2.55. The Morgan fingerprint density at radius 3 is 2.59 bits per heavy atom. The van der Waals surface area contributed by atoms with Crippen LogP contribution in [-0.4, -0.2) is 13.7 Å². The van der Waals surface area contributed by atoms with Crippen molar-refractivity contribution in [3.8, 4) is 22.8 Å². The molecular weight excluding hydrogens is 230 g/mol. The van der Waals surface area contributed by atoms with Crippen LogP contribution in [0.3, 0.4) is 0 Å². The number of furan rings is 1. The van der Waals surface area contributed by atoms with Gasteiger partial charge in [0, 0.05) is 5.56 Å². The zero-order chi connectivity index (χ0) is 12.3. The first-order chi connectivity index (χ1) is 8.20. The third-order valence-electron chi connectivity index (χ3n) is 2.19. The summed E-state index contributed by atoms with van der Waals surface area (Å²) < 4.78 is 38.7. The molecule has 2 aromatic rings. The van der Waals surface area contributed by atoms with E-state index in [0.29, 0.717) is 5.76 Å². The van der Waals surface area contributed by atoms with Gasteiger partial charge in [0.1, 0.15) is 5.76 Å². The van der Waals surface area contributed by atoms with Crippen molar-refractivity contribution in [2.75, 3.05) is 7.11 Å². The van der Waals surface area contributed by atoms with Crippen molar-refractivity contribution in [3.05, 3.63) is 36.6 Å². The lowest BCUT2D eigenvalue weighted by molar-refractivity contribution is -0.0512. The molecule has 0 fully saturated rings. The highest BCUT2D eigenvalue weighted by Gasteiger charge is 2.12. The Hall–Kier alpha value is -2.04. The minimum atomic E-state index is -2.88. The van der Waals surface area contributed by atoms with Gasteiger partial charge in [0.05, 0.1) is 13.4 Å². The number of methoxy groups -OCH3 is 1. The second-order valence-corrected chi connectivity index (χ2v) is 3.22. The smallest absolute Gasteiger partial charge is 0.387 e. The van der Waals surface area contributed by atoms with Crippen molar-refractivity contribution >= 4 is 0 Å². The number of benzene rings is 1. The molecule has 0 amide bonds. The van der Waals surface area contributed by atoms with E-state index in [9.17, 15) is 8.78 Å². The molecule has 0 unspecified atom stereocenters. The number of hydrogen-bond acceptors (Lipinski definition) is 3. The van der Waals surface area contributed by atoms with E-state index in [-0.39, 0.29) is 11.5 Å². The molecule has 0 aliphatic heterocycles. The topological polar surface area (TPSA) is 31.6 Å². The summed E-state index contributed by atoms with van der Waals surface area (Å²) in [6, 6.07) is 8.13. The first kappa shape index (κ1) is 11.4. The van der Waals surface area contributed by atoms with Crippen LogP contribution in [-0.2, 0) is 0 Å². The van der Waals surface area contributed by atoms with Crippen molar-refractivity contribution < 1.29 is 22.7 Å². The van der Waals surface area contributed by atoms with Crippen LogP contribution in [0, 0.1) is 0 Å². The molecule has 0 bridgehead atoms. The average Bonchev–Trinajstić information content (AvgIpc) is 2.82. The summed E-state index contributed by atoms with van der Waals surface area (Å²) in [6.07, 6.45) is 1.53. The predicted molar refractivity (Wildman–Crippen MR) is 57.3 cm³/mol. The van der Waals surface area contributed by atoms with Crippen molar-refractivity contribution in [1.29, 1.82) is 0 Å². The zero-order valence-electron chi connectivity index (χ0n) is 9.02. The summed E-state index contributed by atoms with van der Waals surface area (Å²) in [5, 5.41) is 0. The van der Waals surface area contributed by atoms with Crippen LogP contribution >= 0.6 is 0 Å². The molecule has 90 valence electrons. The molecule has 1 aromatic heterocycles. The maximum absolute atomic E-state index is 12.1. The number of ether oxygens (including phenoxy) is 2. The van der Waals surface area contributed by atoms with Crippen LogP contribution in [0.5, 0.6) is 11.5 Å². The summed E-state index contributed by atoms with van der Waals surface area (Å²) in [5.41, 5.74) is 0.730. The standard InChI is InChI=1S/C12H10F2O3/c1-15-11-7-8(9-3-2-6-16-9)4-5-10(11)17-12(13)14/h2-7,12H,1H3. The van der Waals surface area contributed by atoms with Gasteiger partial charge in [0.25, 0.3) is 0 Å². The lowest BCUT2D eigenvalue weighted by atomic mass is 10.1. The molecule has 0 aliphatic carbocycles. The molecule has 1 aromatic carbocycles. The maximum Gasteiger partial charge on any atom is 0.387 e. The van der Waals surface area contributed by atoms with E-state index in [4.69, 9.17) is 9.15 Å². The third-order valence-corrected chi connectivity index (χ3v) is 2.19. The van der Waals surface area contributed by atoms with Gasteiger partial charge in [-0.2, -0.15) is 8.78 Å². The van der Waals surface area contributed by atoms with Gasteiger partial charge in [-0.05, 0) is 30.3 Å². The monoisotopic (exact) mass is 240 g/mol. The molecule has 1 heterocycles. The largest absolute Gasteiger partial charge is 0.493 e. The van der Waals surface area contributed by atoms with Gasteiger partial charge in [0.2, 0.25) is 0 Å². The van der Waals surface area contributed by atoms with Crippen molar-refractivity contribution in [2.24, 2.45) is 0 Å². The van der Waals surface area contributed by atoms with Gasteiger partial charge in [-0.3, -0.25) is 0 Å². The minimum Gasteiger partial charge on any atom is -0.493 e. The quantitative estimate of drug-likeness (QED) is 0.818. The fourth-order valence-corrected chi connectivity index (χ4v) is 1.46. The highest BCUT2D eigenvalue weighted by Crippen LogP contribution is 2.33. The molecule has 0 N–H and O–H groups in total. The predicted octanol–water partition coefficient (Wildman–Crippen LogP) is 3.56. The summed E-state index contributed by atoms with van der Waals surface area (Å²) in [6.45, 7) is -2.88. The Morgan fingerprint density at radius 1 is 1.18 bits per heavy atom.